The molecule has 4 rings (SSSR count). The van der Waals surface area contributed by atoms with Gasteiger partial charge in [-0.2, -0.15) is 0 Å². The minimum atomic E-state index is 0. The van der Waals surface area contributed by atoms with E-state index < -0.39 is 0 Å². The second-order valence-electron chi connectivity index (χ2n) is 7.48. The summed E-state index contributed by atoms with van der Waals surface area (Å²) >= 11 is 0. The molecule has 2 aromatic carbocycles. The van der Waals surface area contributed by atoms with Crippen LogP contribution in [0.15, 0.2) is 42.5 Å². The van der Waals surface area contributed by atoms with Gasteiger partial charge in [-0.1, -0.05) is 42.5 Å². The highest BCUT2D eigenvalue weighted by Gasteiger charge is 2.28. The van der Waals surface area contributed by atoms with Crippen LogP contribution in [0.4, 0.5) is 0 Å². The summed E-state index contributed by atoms with van der Waals surface area (Å²) in [4.78, 5) is 12.0. The third-order valence-corrected chi connectivity index (χ3v) is 5.49. The Balaban J connectivity index is 0.00000196. The lowest BCUT2D eigenvalue weighted by atomic mass is 10.00. The van der Waals surface area contributed by atoms with Gasteiger partial charge < -0.3 is 11.1 Å². The molecular formula is C22H27ClN2O. The number of hydrogen-bond donors (Lipinski definition) is 2. The summed E-state index contributed by atoms with van der Waals surface area (Å²) in [5.41, 5.74) is 12.9. The van der Waals surface area contributed by atoms with Gasteiger partial charge in [-0.3, -0.25) is 4.79 Å². The molecule has 0 radical (unpaired) electrons. The van der Waals surface area contributed by atoms with Crippen molar-refractivity contribution < 1.29 is 4.79 Å². The largest absolute Gasteiger partial charge is 0.355 e. The Hall–Kier alpha value is -1.84. The molecule has 0 aromatic heterocycles. The minimum Gasteiger partial charge on any atom is -0.355 e. The van der Waals surface area contributed by atoms with Crippen LogP contribution in [0.1, 0.15) is 42.4 Å². The van der Waals surface area contributed by atoms with Gasteiger partial charge in [0.05, 0.1) is 0 Å². The first kappa shape index (κ1) is 18.9. The van der Waals surface area contributed by atoms with E-state index in [0.29, 0.717) is 18.9 Å². The Kier molecular flexibility index (Phi) is 6.00. The van der Waals surface area contributed by atoms with Crippen LogP contribution in [-0.2, 0) is 17.6 Å². The van der Waals surface area contributed by atoms with E-state index in [1.54, 1.807) is 0 Å². The van der Waals surface area contributed by atoms with Crippen molar-refractivity contribution in [3.8, 4) is 11.1 Å². The van der Waals surface area contributed by atoms with Gasteiger partial charge in [0.1, 0.15) is 0 Å². The quantitative estimate of drug-likeness (QED) is 0.663. The molecule has 1 saturated carbocycles. The Labute approximate surface area is 161 Å². The number of halogens is 1. The van der Waals surface area contributed by atoms with E-state index >= 15 is 0 Å². The molecule has 0 aliphatic heterocycles. The number of hydrogen-bond acceptors (Lipinski definition) is 2. The average molecular weight is 371 g/mol. The number of carbonyl (C=O) groups is 1. The Morgan fingerprint density at radius 1 is 1.12 bits per heavy atom. The zero-order valence-corrected chi connectivity index (χ0v) is 15.9. The van der Waals surface area contributed by atoms with Gasteiger partial charge in [0, 0.05) is 19.0 Å². The zero-order chi connectivity index (χ0) is 17.2. The molecule has 3 N–H and O–H groups in total. The van der Waals surface area contributed by atoms with Crippen molar-refractivity contribution in [2.24, 2.45) is 11.7 Å². The van der Waals surface area contributed by atoms with Gasteiger partial charge in [0.15, 0.2) is 0 Å². The van der Waals surface area contributed by atoms with E-state index in [0.717, 1.165) is 19.3 Å². The lowest BCUT2D eigenvalue weighted by molar-refractivity contribution is -0.121. The smallest absolute Gasteiger partial charge is 0.220 e. The molecule has 138 valence electrons. The lowest BCUT2D eigenvalue weighted by Gasteiger charge is -2.11. The van der Waals surface area contributed by atoms with Crippen molar-refractivity contribution in [3.05, 3.63) is 59.2 Å². The number of aryl methyl sites for hydroxylation is 1. The van der Waals surface area contributed by atoms with Crippen molar-refractivity contribution in [2.75, 3.05) is 6.54 Å². The van der Waals surface area contributed by atoms with Crippen LogP contribution in [0.25, 0.3) is 11.1 Å². The fraction of sp³-hybridized carbons (Fsp3) is 0.409. The fourth-order valence-corrected chi connectivity index (χ4v) is 3.79. The highest BCUT2D eigenvalue weighted by Crippen LogP contribution is 2.37. The molecule has 1 amide bonds. The summed E-state index contributed by atoms with van der Waals surface area (Å²) < 4.78 is 0. The summed E-state index contributed by atoms with van der Waals surface area (Å²) in [7, 11) is 0. The summed E-state index contributed by atoms with van der Waals surface area (Å²) in [6.07, 6.45) is 5.87. The Bertz CT molecular complexity index is 785. The van der Waals surface area contributed by atoms with Crippen LogP contribution >= 0.6 is 12.4 Å². The van der Waals surface area contributed by atoms with Crippen molar-refractivity contribution in [2.45, 2.75) is 44.6 Å². The first-order valence-electron chi connectivity index (χ1n) is 9.43. The second-order valence-corrected chi connectivity index (χ2v) is 7.48. The first-order valence-corrected chi connectivity index (χ1v) is 9.43. The predicted octanol–water partition coefficient (Wildman–Crippen LogP) is 3.86. The van der Waals surface area contributed by atoms with E-state index in [1.165, 1.54) is 40.7 Å². The van der Waals surface area contributed by atoms with Crippen molar-refractivity contribution >= 4 is 18.3 Å². The number of rotatable bonds is 7. The highest BCUT2D eigenvalue weighted by molar-refractivity contribution is 5.85. The molecule has 1 unspecified atom stereocenters. The Morgan fingerprint density at radius 3 is 2.69 bits per heavy atom. The minimum absolute atomic E-state index is 0. The van der Waals surface area contributed by atoms with Crippen molar-refractivity contribution in [1.82, 2.24) is 5.32 Å². The van der Waals surface area contributed by atoms with Crippen LogP contribution in [0.2, 0.25) is 0 Å². The molecule has 0 spiro atoms. The predicted molar refractivity (Wildman–Crippen MR) is 109 cm³/mol. The third-order valence-electron chi connectivity index (χ3n) is 5.49. The van der Waals surface area contributed by atoms with Gasteiger partial charge in [-0.15, -0.1) is 12.4 Å². The van der Waals surface area contributed by atoms with E-state index in [9.17, 15) is 4.79 Å². The molecule has 2 aliphatic rings. The van der Waals surface area contributed by atoms with Gasteiger partial charge in [0.25, 0.3) is 0 Å². The number of nitrogens with one attached hydrogen (secondary N) is 1. The summed E-state index contributed by atoms with van der Waals surface area (Å²) in [5, 5.41) is 2.98. The number of amides is 1. The molecule has 1 fully saturated rings. The zero-order valence-electron chi connectivity index (χ0n) is 15.0. The number of benzene rings is 2. The third kappa shape index (κ3) is 4.28. The fourth-order valence-electron chi connectivity index (χ4n) is 3.79. The highest BCUT2D eigenvalue weighted by atomic mass is 35.5. The molecule has 3 nitrogen and oxygen atoms in total. The molecule has 2 aromatic rings. The molecular weight excluding hydrogens is 344 g/mol. The van der Waals surface area contributed by atoms with Gasteiger partial charge >= 0.3 is 0 Å². The summed E-state index contributed by atoms with van der Waals surface area (Å²) in [6.45, 7) is 0.624. The van der Waals surface area contributed by atoms with E-state index in [2.05, 4.69) is 47.8 Å². The SMILES string of the molecule is Cl.NC(CNC(=O)CCCc1ccc2c(c1)-c1ccccc1C2)C1CC1. The van der Waals surface area contributed by atoms with Gasteiger partial charge in [0.2, 0.25) is 5.91 Å². The second kappa shape index (κ2) is 8.24. The van der Waals surface area contributed by atoms with Crippen LogP contribution in [0, 0.1) is 5.92 Å². The normalized spacial score (nSPS) is 15.6. The lowest BCUT2D eigenvalue weighted by Crippen LogP contribution is -2.38. The molecule has 0 bridgehead atoms. The van der Waals surface area contributed by atoms with Crippen molar-refractivity contribution in [1.29, 1.82) is 0 Å². The molecule has 2 aliphatic carbocycles. The number of fused-ring (bicyclic) bond motifs is 3. The summed E-state index contributed by atoms with van der Waals surface area (Å²) in [5.74, 6) is 0.761. The van der Waals surface area contributed by atoms with Crippen LogP contribution in [0.5, 0.6) is 0 Å². The molecule has 1 atom stereocenters. The number of nitrogens with two attached hydrogens (primary N) is 1. The topological polar surface area (TPSA) is 55.1 Å². The first-order chi connectivity index (χ1) is 12.2. The van der Waals surface area contributed by atoms with Crippen LogP contribution in [-0.4, -0.2) is 18.5 Å². The standard InChI is InChI=1S/C22H26N2O.ClH/c23-21(16-10-11-16)14-24-22(25)7-3-4-15-8-9-18-13-17-5-1-2-6-19(17)20(18)12-15;/h1-2,5-6,8-9,12,16,21H,3-4,7,10-11,13-14,23H2,(H,24,25);1H. The van der Waals surface area contributed by atoms with Crippen LogP contribution < -0.4 is 11.1 Å². The monoisotopic (exact) mass is 370 g/mol. The van der Waals surface area contributed by atoms with Gasteiger partial charge in [-0.25, -0.2) is 0 Å². The average Bonchev–Trinajstić information content (AvgIpc) is 3.41. The Morgan fingerprint density at radius 2 is 1.88 bits per heavy atom. The van der Waals surface area contributed by atoms with E-state index in [4.69, 9.17) is 5.73 Å². The maximum atomic E-state index is 12.0. The molecule has 4 heteroatoms. The van der Waals surface area contributed by atoms with E-state index in [1.807, 2.05) is 0 Å². The molecule has 26 heavy (non-hydrogen) atoms. The maximum absolute atomic E-state index is 12.0. The summed E-state index contributed by atoms with van der Waals surface area (Å²) in [6, 6.07) is 15.6. The van der Waals surface area contributed by atoms with E-state index in [-0.39, 0.29) is 24.4 Å². The van der Waals surface area contributed by atoms with Crippen LogP contribution in [0.3, 0.4) is 0 Å². The maximum Gasteiger partial charge on any atom is 0.220 e. The molecule has 0 heterocycles. The van der Waals surface area contributed by atoms with Gasteiger partial charge in [-0.05, 0) is 65.8 Å². The van der Waals surface area contributed by atoms with Crippen molar-refractivity contribution in [3.63, 3.8) is 0 Å². The molecule has 0 saturated heterocycles. The number of carbonyl (C=O) groups excluding carboxylic acids is 1.